The van der Waals surface area contributed by atoms with Crippen LogP contribution >= 0.6 is 0 Å². The molecule has 1 aliphatic heterocycles. The van der Waals surface area contributed by atoms with Crippen molar-refractivity contribution in [1.82, 2.24) is 15.4 Å². The van der Waals surface area contributed by atoms with Crippen LogP contribution in [0.1, 0.15) is 29.9 Å². The van der Waals surface area contributed by atoms with E-state index in [0.29, 0.717) is 25.3 Å². The molecular weight excluding hydrogens is 287 g/mol. The van der Waals surface area contributed by atoms with Crippen molar-refractivity contribution >= 4 is 5.91 Å². The fourth-order valence-corrected chi connectivity index (χ4v) is 2.55. The highest BCUT2D eigenvalue weighted by Crippen LogP contribution is 2.23. The van der Waals surface area contributed by atoms with Crippen LogP contribution in [0.3, 0.4) is 0 Å². The molecule has 1 saturated heterocycles. The smallest absolute Gasteiger partial charge is 0.361 e. The molecule has 2 rings (SSSR count). The molecule has 0 spiro atoms. The van der Waals surface area contributed by atoms with Crippen LogP contribution in [0.25, 0.3) is 0 Å². The van der Waals surface area contributed by atoms with Crippen LogP contribution in [0.5, 0.6) is 0 Å². The van der Waals surface area contributed by atoms with Gasteiger partial charge in [0.15, 0.2) is 0 Å². The molecular formula is C13H18F3N3O2. The van der Waals surface area contributed by atoms with Gasteiger partial charge >= 0.3 is 6.18 Å². The highest BCUT2D eigenvalue weighted by molar-refractivity contribution is 5.82. The number of likely N-dealkylation sites (tertiary alicyclic amines) is 1. The zero-order valence-corrected chi connectivity index (χ0v) is 12.0. The number of aromatic nitrogens is 1. The molecule has 2 heterocycles. The third-order valence-corrected chi connectivity index (χ3v) is 3.67. The van der Waals surface area contributed by atoms with E-state index < -0.39 is 24.7 Å². The molecule has 0 bridgehead atoms. The molecule has 8 heteroatoms. The molecule has 1 aliphatic rings. The number of halogens is 3. The summed E-state index contributed by atoms with van der Waals surface area (Å²) < 4.78 is 41.6. The van der Waals surface area contributed by atoms with Gasteiger partial charge in [0.1, 0.15) is 12.3 Å². The molecule has 0 radical (unpaired) electrons. The zero-order chi connectivity index (χ0) is 15.6. The lowest BCUT2D eigenvalue weighted by atomic mass is 10.1. The van der Waals surface area contributed by atoms with Crippen molar-refractivity contribution in [3.05, 3.63) is 17.0 Å². The molecule has 21 heavy (non-hydrogen) atoms. The highest BCUT2D eigenvalue weighted by Gasteiger charge is 2.34. The number of carbonyl (C=O) groups is 1. The van der Waals surface area contributed by atoms with Crippen LogP contribution in [0.2, 0.25) is 0 Å². The van der Waals surface area contributed by atoms with Crippen molar-refractivity contribution in [2.45, 2.75) is 45.5 Å². The molecule has 1 N–H and O–H groups in total. The van der Waals surface area contributed by atoms with Gasteiger partial charge in [0, 0.05) is 12.1 Å². The minimum Gasteiger partial charge on any atom is -0.361 e. The molecule has 1 atom stereocenters. The lowest BCUT2D eigenvalue weighted by Gasteiger charge is -2.23. The second kappa shape index (κ2) is 6.05. The first-order valence-electron chi connectivity index (χ1n) is 6.78. The first kappa shape index (κ1) is 15.8. The monoisotopic (exact) mass is 305 g/mol. The normalized spacial score (nSPS) is 20.0. The van der Waals surface area contributed by atoms with Crippen molar-refractivity contribution in [2.24, 2.45) is 0 Å². The Kier molecular flexibility index (Phi) is 4.55. The van der Waals surface area contributed by atoms with Crippen LogP contribution in [-0.4, -0.2) is 41.3 Å². The number of carbonyl (C=O) groups excluding carboxylic acids is 1. The SMILES string of the molecule is Cc1noc(C)c1CN1CCCC1C(=O)NCC(F)(F)F. The second-order valence-electron chi connectivity index (χ2n) is 5.26. The summed E-state index contributed by atoms with van der Waals surface area (Å²) in [4.78, 5) is 13.8. The summed E-state index contributed by atoms with van der Waals surface area (Å²) in [6, 6.07) is -0.527. The van der Waals surface area contributed by atoms with E-state index in [1.54, 1.807) is 13.8 Å². The third kappa shape index (κ3) is 3.96. The number of nitrogens with zero attached hydrogens (tertiary/aromatic N) is 2. The van der Waals surface area contributed by atoms with Gasteiger partial charge in [-0.3, -0.25) is 9.69 Å². The average molecular weight is 305 g/mol. The molecule has 1 aromatic heterocycles. The summed E-state index contributed by atoms with van der Waals surface area (Å²) in [5.41, 5.74) is 1.64. The number of aryl methyl sites for hydroxylation is 2. The van der Waals surface area contributed by atoms with Gasteiger partial charge in [-0.1, -0.05) is 5.16 Å². The maximum atomic E-state index is 12.2. The first-order chi connectivity index (χ1) is 9.78. The second-order valence-corrected chi connectivity index (χ2v) is 5.26. The van der Waals surface area contributed by atoms with Gasteiger partial charge in [-0.05, 0) is 33.2 Å². The minimum atomic E-state index is -4.39. The van der Waals surface area contributed by atoms with Gasteiger partial charge in [0.25, 0.3) is 0 Å². The quantitative estimate of drug-likeness (QED) is 0.923. The van der Waals surface area contributed by atoms with Crippen molar-refractivity contribution in [3.63, 3.8) is 0 Å². The number of amides is 1. The average Bonchev–Trinajstić information content (AvgIpc) is 2.97. The predicted octanol–water partition coefficient (Wildman–Crippen LogP) is 1.93. The maximum Gasteiger partial charge on any atom is 0.405 e. The fraction of sp³-hybridized carbons (Fsp3) is 0.692. The van der Waals surface area contributed by atoms with E-state index in [0.717, 1.165) is 17.7 Å². The van der Waals surface area contributed by atoms with Gasteiger partial charge < -0.3 is 9.84 Å². The number of hydrogen-bond acceptors (Lipinski definition) is 4. The molecule has 1 fully saturated rings. The van der Waals surface area contributed by atoms with E-state index in [1.807, 2.05) is 10.2 Å². The number of alkyl halides is 3. The van der Waals surface area contributed by atoms with Crippen molar-refractivity contribution < 1.29 is 22.5 Å². The van der Waals surface area contributed by atoms with E-state index in [-0.39, 0.29) is 0 Å². The van der Waals surface area contributed by atoms with Crippen molar-refractivity contribution in [3.8, 4) is 0 Å². The van der Waals surface area contributed by atoms with Gasteiger partial charge in [-0.25, -0.2) is 0 Å². The molecule has 1 unspecified atom stereocenters. The fourth-order valence-electron chi connectivity index (χ4n) is 2.55. The van der Waals surface area contributed by atoms with Crippen molar-refractivity contribution in [2.75, 3.05) is 13.1 Å². The van der Waals surface area contributed by atoms with Crippen LogP contribution in [-0.2, 0) is 11.3 Å². The van der Waals surface area contributed by atoms with E-state index in [2.05, 4.69) is 5.16 Å². The van der Waals surface area contributed by atoms with Gasteiger partial charge in [-0.2, -0.15) is 13.2 Å². The molecule has 0 aliphatic carbocycles. The maximum absolute atomic E-state index is 12.2. The van der Waals surface area contributed by atoms with Gasteiger partial charge in [0.2, 0.25) is 5.91 Å². The highest BCUT2D eigenvalue weighted by atomic mass is 19.4. The summed E-state index contributed by atoms with van der Waals surface area (Å²) in [5.74, 6) is 0.102. The Morgan fingerprint density at radius 2 is 2.19 bits per heavy atom. The summed E-state index contributed by atoms with van der Waals surface area (Å²) in [6.07, 6.45) is -3.04. The molecule has 118 valence electrons. The largest absolute Gasteiger partial charge is 0.405 e. The Bertz CT molecular complexity index is 494. The summed E-state index contributed by atoms with van der Waals surface area (Å²) in [7, 11) is 0. The van der Waals surface area contributed by atoms with E-state index >= 15 is 0 Å². The Hall–Kier alpha value is -1.57. The number of hydrogen-bond donors (Lipinski definition) is 1. The van der Waals surface area contributed by atoms with Crippen LogP contribution in [0.4, 0.5) is 13.2 Å². The molecule has 1 amide bonds. The molecule has 0 saturated carbocycles. The Morgan fingerprint density at radius 1 is 1.48 bits per heavy atom. The Morgan fingerprint density at radius 3 is 2.76 bits per heavy atom. The first-order valence-corrected chi connectivity index (χ1v) is 6.78. The number of rotatable bonds is 4. The van der Waals surface area contributed by atoms with E-state index in [4.69, 9.17) is 4.52 Å². The topological polar surface area (TPSA) is 58.4 Å². The lowest BCUT2D eigenvalue weighted by Crippen LogP contribution is -2.45. The van der Waals surface area contributed by atoms with Gasteiger partial charge in [-0.15, -0.1) is 0 Å². The Balaban J connectivity index is 1.98. The van der Waals surface area contributed by atoms with Crippen LogP contribution in [0, 0.1) is 13.8 Å². The number of nitrogens with one attached hydrogen (secondary N) is 1. The summed E-state index contributed by atoms with van der Waals surface area (Å²) >= 11 is 0. The molecule has 1 aromatic rings. The summed E-state index contributed by atoms with van der Waals surface area (Å²) in [5, 5.41) is 5.80. The van der Waals surface area contributed by atoms with Crippen LogP contribution < -0.4 is 5.32 Å². The predicted molar refractivity (Wildman–Crippen MR) is 68.5 cm³/mol. The molecule has 5 nitrogen and oxygen atoms in total. The van der Waals surface area contributed by atoms with Gasteiger partial charge in [0.05, 0.1) is 11.7 Å². The van der Waals surface area contributed by atoms with Crippen LogP contribution in [0.15, 0.2) is 4.52 Å². The van der Waals surface area contributed by atoms with E-state index in [1.165, 1.54) is 0 Å². The Labute approximate surface area is 120 Å². The molecule has 0 aromatic carbocycles. The van der Waals surface area contributed by atoms with Crippen molar-refractivity contribution in [1.29, 1.82) is 0 Å². The minimum absolute atomic E-state index is 0.464. The standard InChI is InChI=1S/C13H18F3N3O2/c1-8-10(9(2)21-18-8)6-19-5-3-4-11(19)12(20)17-7-13(14,15)16/h11H,3-7H2,1-2H3,(H,17,20). The summed E-state index contributed by atoms with van der Waals surface area (Å²) in [6.45, 7) is 3.44. The third-order valence-electron chi connectivity index (χ3n) is 3.67. The zero-order valence-electron chi connectivity index (χ0n) is 12.0. The van der Waals surface area contributed by atoms with E-state index in [9.17, 15) is 18.0 Å². The lowest BCUT2D eigenvalue weighted by molar-refractivity contribution is -0.141.